The van der Waals surface area contributed by atoms with Crippen molar-refractivity contribution in [3.63, 3.8) is 0 Å². The third-order valence-electron chi connectivity index (χ3n) is 7.95. The number of amides is 2. The van der Waals surface area contributed by atoms with E-state index in [1.165, 1.54) is 0 Å². The summed E-state index contributed by atoms with van der Waals surface area (Å²) in [4.78, 5) is 23.5. The average Bonchev–Trinajstić information content (AvgIpc) is 3.27. The van der Waals surface area contributed by atoms with Gasteiger partial charge in [-0.3, -0.25) is 0 Å². The van der Waals surface area contributed by atoms with E-state index in [0.29, 0.717) is 25.5 Å². The Kier molecular flexibility index (Phi) is 6.53. The van der Waals surface area contributed by atoms with Crippen molar-refractivity contribution < 1.29 is 35.5 Å². The first-order chi connectivity index (χ1) is 17.7. The molecular weight excluding hydrogens is 523 g/mol. The molecule has 8 nitrogen and oxygen atoms in total. The molecule has 6 unspecified atom stereocenters. The number of rotatable bonds is 4. The summed E-state index contributed by atoms with van der Waals surface area (Å²) >= 11 is 0. The number of urea groups is 1. The minimum atomic E-state index is -4.64. The number of nitrogens with one attached hydrogen (secondary N) is 1. The van der Waals surface area contributed by atoms with Gasteiger partial charge in [-0.05, 0) is 44.4 Å². The first kappa shape index (κ1) is 26.6. The molecule has 4 fully saturated rings. The molecule has 0 spiro atoms. The maximum absolute atomic E-state index is 13.8. The molecule has 2 saturated carbocycles. The standard InChI is InChI=1S/C23H26F7N7O/c1-12-4-15-7-21(6-12,11-36-33-10-18(35-36)23(28,29)30)37(15)20(38)34-14-2-3-17(22(25,26)27)16(5-14)19-31-8-13(24)9-32-19/h8-10,12,14-17H,2-7,11H2,1H3,(H,34,38). The summed E-state index contributed by atoms with van der Waals surface area (Å²) in [5, 5.41) is 10.1. The number of alkyl halides is 6. The molecule has 2 amide bonds. The zero-order chi connectivity index (χ0) is 27.5. The van der Waals surface area contributed by atoms with Gasteiger partial charge in [-0.2, -0.15) is 36.2 Å². The monoisotopic (exact) mass is 549 g/mol. The molecule has 2 saturated heterocycles. The highest BCUT2D eigenvalue weighted by Crippen LogP contribution is 2.51. The first-order valence-electron chi connectivity index (χ1n) is 12.4. The van der Waals surface area contributed by atoms with Gasteiger partial charge in [0.15, 0.2) is 11.5 Å². The number of hydrogen-bond acceptors (Lipinski definition) is 5. The summed E-state index contributed by atoms with van der Waals surface area (Å²) in [6.45, 7) is 1.98. The maximum Gasteiger partial charge on any atom is 0.436 e. The van der Waals surface area contributed by atoms with Crippen LogP contribution in [-0.4, -0.2) is 59.7 Å². The maximum atomic E-state index is 13.8. The lowest BCUT2D eigenvalue weighted by Gasteiger charge is -2.63. The van der Waals surface area contributed by atoms with Gasteiger partial charge in [0.25, 0.3) is 0 Å². The summed E-state index contributed by atoms with van der Waals surface area (Å²) in [5.74, 6) is -3.57. The summed E-state index contributed by atoms with van der Waals surface area (Å²) < 4.78 is 93.5. The normalized spacial score (nSPS) is 31.6. The quantitative estimate of drug-likeness (QED) is 0.559. The van der Waals surface area contributed by atoms with E-state index in [9.17, 15) is 35.5 Å². The van der Waals surface area contributed by atoms with E-state index in [-0.39, 0.29) is 43.6 Å². The number of piperidine rings is 1. The minimum Gasteiger partial charge on any atom is -0.335 e. The van der Waals surface area contributed by atoms with Crippen molar-refractivity contribution in [2.45, 2.75) is 87.9 Å². The number of aromatic nitrogens is 5. The molecule has 6 rings (SSSR count). The minimum absolute atomic E-state index is 0.0236. The Morgan fingerprint density at radius 2 is 1.79 bits per heavy atom. The number of nitrogens with zero attached hydrogens (tertiary/aromatic N) is 6. The van der Waals surface area contributed by atoms with E-state index < -0.39 is 53.3 Å². The molecule has 2 aliphatic carbocycles. The number of carbonyl (C=O) groups excluding carboxylic acids is 1. The van der Waals surface area contributed by atoms with Crippen LogP contribution in [0.3, 0.4) is 0 Å². The fourth-order valence-corrected chi connectivity index (χ4v) is 6.56. The van der Waals surface area contributed by atoms with Crippen LogP contribution < -0.4 is 5.32 Å². The van der Waals surface area contributed by atoms with Crippen LogP contribution in [0.15, 0.2) is 18.6 Å². The second-order valence-corrected chi connectivity index (χ2v) is 10.7. The molecule has 2 bridgehead atoms. The topological polar surface area (TPSA) is 88.8 Å². The van der Waals surface area contributed by atoms with Crippen molar-refractivity contribution in [2.75, 3.05) is 0 Å². The van der Waals surface area contributed by atoms with Crippen LogP contribution in [0.1, 0.15) is 62.9 Å². The van der Waals surface area contributed by atoms with E-state index in [2.05, 4.69) is 25.5 Å². The number of halogens is 7. The van der Waals surface area contributed by atoms with Gasteiger partial charge in [-0.1, -0.05) is 6.92 Å². The van der Waals surface area contributed by atoms with Crippen LogP contribution in [0.5, 0.6) is 0 Å². The van der Waals surface area contributed by atoms with Gasteiger partial charge in [0.2, 0.25) is 0 Å². The third-order valence-corrected chi connectivity index (χ3v) is 7.95. The van der Waals surface area contributed by atoms with Crippen LogP contribution in [0.25, 0.3) is 0 Å². The molecule has 208 valence electrons. The Hall–Kier alpha value is -3.00. The van der Waals surface area contributed by atoms with Crippen molar-refractivity contribution >= 4 is 6.03 Å². The Labute approximate surface area is 213 Å². The van der Waals surface area contributed by atoms with Gasteiger partial charge in [-0.25, -0.2) is 19.2 Å². The summed E-state index contributed by atoms with van der Waals surface area (Å²) in [6.07, 6.45) is -5.34. The molecule has 15 heteroatoms. The molecule has 4 aliphatic rings. The molecule has 6 atom stereocenters. The first-order valence-corrected chi connectivity index (χ1v) is 12.4. The molecule has 4 heterocycles. The van der Waals surface area contributed by atoms with E-state index in [1.807, 2.05) is 6.92 Å². The summed E-state index contributed by atoms with van der Waals surface area (Å²) in [7, 11) is 0. The smallest absolute Gasteiger partial charge is 0.335 e. The van der Waals surface area contributed by atoms with Crippen molar-refractivity contribution in [1.82, 2.24) is 35.2 Å². The largest absolute Gasteiger partial charge is 0.436 e. The number of hydrogen-bond donors (Lipinski definition) is 1. The van der Waals surface area contributed by atoms with E-state index in [0.717, 1.165) is 17.2 Å². The molecule has 1 N–H and O–H groups in total. The molecule has 2 aromatic heterocycles. The van der Waals surface area contributed by atoms with Gasteiger partial charge in [0, 0.05) is 18.0 Å². The fourth-order valence-electron chi connectivity index (χ4n) is 6.56. The van der Waals surface area contributed by atoms with Crippen LogP contribution in [0.4, 0.5) is 35.5 Å². The zero-order valence-electron chi connectivity index (χ0n) is 20.3. The van der Waals surface area contributed by atoms with E-state index >= 15 is 0 Å². The van der Waals surface area contributed by atoms with Crippen LogP contribution in [-0.2, 0) is 12.7 Å². The van der Waals surface area contributed by atoms with Gasteiger partial charge < -0.3 is 10.2 Å². The van der Waals surface area contributed by atoms with Gasteiger partial charge >= 0.3 is 18.4 Å². The lowest BCUT2D eigenvalue weighted by molar-refractivity contribution is -0.189. The lowest BCUT2D eigenvalue weighted by Crippen LogP contribution is -2.75. The second kappa shape index (κ2) is 9.33. The average molecular weight is 549 g/mol. The van der Waals surface area contributed by atoms with E-state index in [1.54, 1.807) is 4.90 Å². The third kappa shape index (κ3) is 5.03. The summed E-state index contributed by atoms with van der Waals surface area (Å²) in [6, 6.07) is -1.24. The molecule has 2 aliphatic heterocycles. The van der Waals surface area contributed by atoms with Crippen LogP contribution in [0.2, 0.25) is 0 Å². The van der Waals surface area contributed by atoms with Crippen molar-refractivity contribution in [3.05, 3.63) is 35.9 Å². The number of fused-ring (bicyclic) bond motifs is 2. The van der Waals surface area contributed by atoms with Crippen molar-refractivity contribution in [3.8, 4) is 0 Å². The summed E-state index contributed by atoms with van der Waals surface area (Å²) in [5.41, 5.74) is -1.92. The highest BCUT2D eigenvalue weighted by Gasteiger charge is 2.59. The van der Waals surface area contributed by atoms with Gasteiger partial charge in [0.1, 0.15) is 5.82 Å². The Morgan fingerprint density at radius 1 is 1.08 bits per heavy atom. The van der Waals surface area contributed by atoms with Crippen LogP contribution >= 0.6 is 0 Å². The van der Waals surface area contributed by atoms with Crippen LogP contribution in [0, 0.1) is 17.7 Å². The van der Waals surface area contributed by atoms with Gasteiger partial charge in [-0.15, -0.1) is 5.10 Å². The molecular formula is C23H26F7N7O. The Balaban J connectivity index is 1.32. The molecule has 0 radical (unpaired) electrons. The Bertz CT molecular complexity index is 1170. The van der Waals surface area contributed by atoms with Gasteiger partial charge in [0.05, 0.1) is 36.6 Å². The fraction of sp³-hybridized carbons (Fsp3) is 0.696. The molecule has 2 aromatic rings. The Morgan fingerprint density at radius 3 is 2.42 bits per heavy atom. The number of carbonyl (C=O) groups is 1. The highest BCUT2D eigenvalue weighted by molar-refractivity contribution is 5.77. The molecule has 0 aromatic carbocycles. The molecule has 38 heavy (non-hydrogen) atoms. The highest BCUT2D eigenvalue weighted by atomic mass is 19.4. The zero-order valence-corrected chi connectivity index (χ0v) is 20.3. The predicted molar refractivity (Wildman–Crippen MR) is 117 cm³/mol. The second-order valence-electron chi connectivity index (χ2n) is 10.7. The lowest BCUT2D eigenvalue weighted by atomic mass is 9.64. The van der Waals surface area contributed by atoms with Crippen molar-refractivity contribution in [1.29, 1.82) is 0 Å². The SMILES string of the molecule is CC1CC2CC(Cn3ncc(C(F)(F)F)n3)(C1)N2C(=O)NC1CCC(C(F)(F)F)C(c2ncc(F)cn2)C1. The predicted octanol–water partition coefficient (Wildman–Crippen LogP) is 4.69. The van der Waals surface area contributed by atoms with Crippen molar-refractivity contribution in [2.24, 2.45) is 11.8 Å². The van der Waals surface area contributed by atoms with E-state index in [4.69, 9.17) is 0 Å².